The van der Waals surface area contributed by atoms with Crippen molar-refractivity contribution in [2.75, 3.05) is 26.4 Å². The molecule has 1 aliphatic rings. The molecule has 0 fully saturated rings. The van der Waals surface area contributed by atoms with E-state index in [2.05, 4.69) is 29.3 Å². The fourth-order valence-corrected chi connectivity index (χ4v) is 6.16. The molecule has 1 N–H and O–H groups in total. The average molecular weight is 652 g/mol. The number of aliphatic imine (C=N–C) groups is 1. The van der Waals surface area contributed by atoms with Crippen molar-refractivity contribution in [3.8, 4) is 0 Å². The first-order valence-electron chi connectivity index (χ1n) is 15.6. The van der Waals surface area contributed by atoms with E-state index in [0.29, 0.717) is 41.6 Å². The molecule has 2 atom stereocenters. The number of halogens is 1. The van der Waals surface area contributed by atoms with Crippen LogP contribution in [-0.2, 0) is 30.4 Å². The maximum Gasteiger partial charge on any atom is 0.336 e. The van der Waals surface area contributed by atoms with E-state index in [1.807, 2.05) is 66.7 Å². The summed E-state index contributed by atoms with van der Waals surface area (Å²) in [6.45, 7) is 2.79. The van der Waals surface area contributed by atoms with E-state index in [9.17, 15) is 14.7 Å². The van der Waals surface area contributed by atoms with Crippen LogP contribution in [0.2, 0.25) is 5.02 Å². The van der Waals surface area contributed by atoms with E-state index >= 15 is 0 Å². The van der Waals surface area contributed by atoms with Gasteiger partial charge in [-0.2, -0.15) is 0 Å². The molecule has 0 saturated heterocycles. The summed E-state index contributed by atoms with van der Waals surface area (Å²) in [7, 11) is 0. The number of nitrogens with zero attached hydrogens (tertiary/aromatic N) is 1. The van der Waals surface area contributed by atoms with E-state index < -0.39 is 23.8 Å². The van der Waals surface area contributed by atoms with Crippen molar-refractivity contribution >= 4 is 29.3 Å². The largest absolute Gasteiger partial charge is 0.481 e. The summed E-state index contributed by atoms with van der Waals surface area (Å²) in [5.41, 5.74) is 4.72. The molecule has 1 heterocycles. The molecule has 5 rings (SSSR count). The SMILES string of the molecule is CC1=NC(COCCOCc2ccccc2)=C(C(=O)OCCC(c2ccccc2)c2ccccc2)C(c2cccc(Cl)c2)C1C(=O)O. The molecular weight excluding hydrogens is 614 g/mol. The van der Waals surface area contributed by atoms with Gasteiger partial charge in [-0.1, -0.05) is 115 Å². The van der Waals surface area contributed by atoms with Crippen LogP contribution in [0.15, 0.2) is 132 Å². The number of esters is 1. The molecule has 0 radical (unpaired) electrons. The number of carbonyl (C=O) groups excluding carboxylic acids is 1. The van der Waals surface area contributed by atoms with Gasteiger partial charge in [-0.05, 0) is 47.7 Å². The van der Waals surface area contributed by atoms with Gasteiger partial charge >= 0.3 is 11.9 Å². The number of carboxylic acids is 1. The summed E-state index contributed by atoms with van der Waals surface area (Å²) in [6.07, 6.45) is 0.532. The fourth-order valence-electron chi connectivity index (χ4n) is 5.96. The van der Waals surface area contributed by atoms with Gasteiger partial charge in [-0.25, -0.2) is 4.79 Å². The predicted octanol–water partition coefficient (Wildman–Crippen LogP) is 7.85. The highest BCUT2D eigenvalue weighted by Gasteiger charge is 2.42. The molecule has 4 aromatic carbocycles. The molecule has 47 heavy (non-hydrogen) atoms. The van der Waals surface area contributed by atoms with Crippen LogP contribution in [0.3, 0.4) is 0 Å². The molecule has 0 aliphatic carbocycles. The van der Waals surface area contributed by atoms with Crippen molar-refractivity contribution in [2.45, 2.75) is 31.8 Å². The van der Waals surface area contributed by atoms with Crippen molar-refractivity contribution in [1.29, 1.82) is 0 Å². The molecular formula is C39H38ClNO6. The second-order valence-corrected chi connectivity index (χ2v) is 11.8. The number of carbonyl (C=O) groups is 2. The van der Waals surface area contributed by atoms with Crippen molar-refractivity contribution < 1.29 is 28.9 Å². The van der Waals surface area contributed by atoms with Gasteiger partial charge in [0.25, 0.3) is 0 Å². The number of hydrogen-bond donors (Lipinski definition) is 1. The first kappa shape index (κ1) is 33.8. The molecule has 8 heteroatoms. The summed E-state index contributed by atoms with van der Waals surface area (Å²) in [5.74, 6) is -3.68. The fraction of sp³-hybridized carbons (Fsp3) is 0.256. The maximum atomic E-state index is 14.0. The minimum atomic E-state index is -1.09. The van der Waals surface area contributed by atoms with Crippen molar-refractivity contribution in [3.05, 3.63) is 154 Å². The Balaban J connectivity index is 1.37. The molecule has 4 aromatic rings. The van der Waals surface area contributed by atoms with E-state index in [1.54, 1.807) is 31.2 Å². The van der Waals surface area contributed by atoms with Gasteiger partial charge in [0, 0.05) is 22.6 Å². The molecule has 0 spiro atoms. The third kappa shape index (κ3) is 9.04. The molecule has 0 saturated carbocycles. The Kier molecular flexibility index (Phi) is 12.1. The molecule has 242 valence electrons. The number of benzene rings is 4. The van der Waals surface area contributed by atoms with Crippen LogP contribution in [0.25, 0.3) is 0 Å². The Morgan fingerprint density at radius 3 is 1.98 bits per heavy atom. The number of aliphatic carboxylic acids is 1. The number of ether oxygens (including phenoxy) is 3. The number of rotatable bonds is 15. The minimum absolute atomic E-state index is 0.0000135. The molecule has 2 unspecified atom stereocenters. The van der Waals surface area contributed by atoms with Gasteiger partial charge in [0.1, 0.15) is 5.92 Å². The predicted molar refractivity (Wildman–Crippen MR) is 183 cm³/mol. The summed E-state index contributed by atoms with van der Waals surface area (Å²) in [5, 5.41) is 10.8. The second kappa shape index (κ2) is 16.8. The Morgan fingerprint density at radius 2 is 1.38 bits per heavy atom. The van der Waals surface area contributed by atoms with Gasteiger partial charge in [-0.3, -0.25) is 9.79 Å². The molecule has 1 aliphatic heterocycles. The van der Waals surface area contributed by atoms with Gasteiger partial charge in [0.05, 0.1) is 44.3 Å². The lowest BCUT2D eigenvalue weighted by Crippen LogP contribution is -2.36. The van der Waals surface area contributed by atoms with Gasteiger partial charge in [0.15, 0.2) is 0 Å². The monoisotopic (exact) mass is 651 g/mol. The highest BCUT2D eigenvalue weighted by atomic mass is 35.5. The van der Waals surface area contributed by atoms with Crippen molar-refractivity contribution in [3.63, 3.8) is 0 Å². The number of carboxylic acid groups (broad SMARTS) is 1. The smallest absolute Gasteiger partial charge is 0.336 e. The zero-order valence-electron chi connectivity index (χ0n) is 26.3. The summed E-state index contributed by atoms with van der Waals surface area (Å²) in [4.78, 5) is 31.3. The van der Waals surface area contributed by atoms with E-state index in [-0.39, 0.29) is 31.3 Å². The van der Waals surface area contributed by atoms with Crippen LogP contribution in [0.4, 0.5) is 0 Å². The normalized spacial score (nSPS) is 16.2. The summed E-state index contributed by atoms with van der Waals surface area (Å²) in [6, 6.07) is 36.9. The van der Waals surface area contributed by atoms with Crippen LogP contribution >= 0.6 is 11.6 Å². The Morgan fingerprint density at radius 1 is 0.787 bits per heavy atom. The van der Waals surface area contributed by atoms with Crippen molar-refractivity contribution in [1.82, 2.24) is 0 Å². The van der Waals surface area contributed by atoms with E-state index in [0.717, 1.165) is 16.7 Å². The third-order valence-corrected chi connectivity index (χ3v) is 8.41. The first-order valence-corrected chi connectivity index (χ1v) is 16.0. The first-order chi connectivity index (χ1) is 22.9. The molecule has 0 bridgehead atoms. The highest BCUT2D eigenvalue weighted by Crippen LogP contribution is 2.41. The topological polar surface area (TPSA) is 94.4 Å². The Hall–Kier alpha value is -4.56. The Bertz CT molecular complexity index is 1650. The average Bonchev–Trinajstić information content (AvgIpc) is 3.09. The van der Waals surface area contributed by atoms with E-state index in [4.69, 9.17) is 25.8 Å². The molecule has 0 amide bonds. The molecule has 7 nitrogen and oxygen atoms in total. The van der Waals surface area contributed by atoms with Crippen LogP contribution < -0.4 is 0 Å². The van der Waals surface area contributed by atoms with Crippen molar-refractivity contribution in [2.24, 2.45) is 10.9 Å². The summed E-state index contributed by atoms with van der Waals surface area (Å²) < 4.78 is 17.6. The summed E-state index contributed by atoms with van der Waals surface area (Å²) >= 11 is 6.35. The van der Waals surface area contributed by atoms with Gasteiger partial charge in [0.2, 0.25) is 0 Å². The van der Waals surface area contributed by atoms with Crippen LogP contribution in [-0.4, -0.2) is 49.2 Å². The van der Waals surface area contributed by atoms with Crippen LogP contribution in [0.5, 0.6) is 0 Å². The van der Waals surface area contributed by atoms with E-state index in [1.165, 1.54) is 0 Å². The zero-order chi connectivity index (χ0) is 33.0. The number of hydrogen-bond acceptors (Lipinski definition) is 6. The van der Waals surface area contributed by atoms with Crippen LogP contribution in [0.1, 0.15) is 47.4 Å². The maximum absolute atomic E-state index is 14.0. The highest BCUT2D eigenvalue weighted by molar-refractivity contribution is 6.30. The lowest BCUT2D eigenvalue weighted by atomic mass is 9.75. The third-order valence-electron chi connectivity index (χ3n) is 8.18. The second-order valence-electron chi connectivity index (χ2n) is 11.4. The lowest BCUT2D eigenvalue weighted by molar-refractivity contribution is -0.141. The standard InChI is InChI=1S/C39H38ClNO6/c1-27-35(38(42)43)36(31-18-11-19-32(40)24-31)37(34(41-27)26-46-23-22-45-25-28-12-5-2-6-13-28)39(44)47-21-20-33(29-14-7-3-8-15-29)30-16-9-4-10-17-30/h2-19,24,33,35-36H,20-23,25-26H2,1H3,(H,42,43). The zero-order valence-corrected chi connectivity index (χ0v) is 27.0. The quantitative estimate of drug-likeness (QED) is 0.104. The minimum Gasteiger partial charge on any atom is -0.481 e. The molecule has 0 aromatic heterocycles. The van der Waals surface area contributed by atoms with Crippen LogP contribution in [0, 0.1) is 5.92 Å². The lowest BCUT2D eigenvalue weighted by Gasteiger charge is -2.31. The van der Waals surface area contributed by atoms with Gasteiger partial charge < -0.3 is 19.3 Å². The van der Waals surface area contributed by atoms with Gasteiger partial charge in [-0.15, -0.1) is 0 Å². The Labute approximate surface area is 280 Å².